The normalized spacial score (nSPS) is 12.9. The van der Waals surface area contributed by atoms with Gasteiger partial charge in [-0.05, 0) is 43.5 Å². The highest BCUT2D eigenvalue weighted by atomic mass is 19.3. The van der Waals surface area contributed by atoms with Crippen molar-refractivity contribution in [2.75, 3.05) is 19.8 Å². The molecule has 108 valence electrons. The molecule has 1 atom stereocenters. The summed E-state index contributed by atoms with van der Waals surface area (Å²) in [5, 5.41) is 3.34. The van der Waals surface area contributed by atoms with E-state index in [0.717, 1.165) is 18.5 Å². The summed E-state index contributed by atoms with van der Waals surface area (Å²) in [6.45, 7) is 6.79. The number of alkyl halides is 2. The molecule has 0 aliphatic heterocycles. The lowest BCUT2D eigenvalue weighted by Crippen LogP contribution is -2.27. The molecule has 1 N–H and O–H groups in total. The van der Waals surface area contributed by atoms with Gasteiger partial charge in [0, 0.05) is 0 Å². The molecule has 1 rings (SSSR count). The van der Waals surface area contributed by atoms with Crippen LogP contribution in [0.4, 0.5) is 8.78 Å². The summed E-state index contributed by atoms with van der Waals surface area (Å²) < 4.78 is 29.3. The highest BCUT2D eigenvalue weighted by Crippen LogP contribution is 2.18. The van der Waals surface area contributed by atoms with E-state index in [1.807, 2.05) is 6.07 Å². The molecule has 0 heterocycles. The summed E-state index contributed by atoms with van der Waals surface area (Å²) in [4.78, 5) is 0. The average molecular weight is 271 g/mol. The molecule has 4 heteroatoms. The molecule has 0 saturated heterocycles. The lowest BCUT2D eigenvalue weighted by Gasteiger charge is -2.20. The third-order valence-corrected chi connectivity index (χ3v) is 3.10. The monoisotopic (exact) mass is 271 g/mol. The third-order valence-electron chi connectivity index (χ3n) is 3.10. The van der Waals surface area contributed by atoms with Gasteiger partial charge in [-0.3, -0.25) is 0 Å². The van der Waals surface area contributed by atoms with Gasteiger partial charge in [0.05, 0.1) is 12.6 Å². The van der Waals surface area contributed by atoms with Crippen molar-refractivity contribution in [3.05, 3.63) is 34.9 Å². The summed E-state index contributed by atoms with van der Waals surface area (Å²) in [7, 11) is 0. The van der Waals surface area contributed by atoms with Crippen LogP contribution in [0.15, 0.2) is 18.2 Å². The lowest BCUT2D eigenvalue weighted by atomic mass is 10.0. The lowest BCUT2D eigenvalue weighted by molar-refractivity contribution is 0.00921. The van der Waals surface area contributed by atoms with Crippen molar-refractivity contribution < 1.29 is 13.5 Å². The zero-order valence-electron chi connectivity index (χ0n) is 11.9. The Morgan fingerprint density at radius 1 is 1.16 bits per heavy atom. The van der Waals surface area contributed by atoms with Crippen molar-refractivity contribution >= 4 is 0 Å². The van der Waals surface area contributed by atoms with Crippen LogP contribution >= 0.6 is 0 Å². The van der Waals surface area contributed by atoms with Crippen LogP contribution < -0.4 is 5.32 Å². The van der Waals surface area contributed by atoms with Crippen LogP contribution in [0.5, 0.6) is 0 Å². The van der Waals surface area contributed by atoms with Gasteiger partial charge in [0.1, 0.15) is 6.61 Å². The van der Waals surface area contributed by atoms with E-state index in [0.29, 0.717) is 0 Å². The average Bonchev–Trinajstić information content (AvgIpc) is 2.36. The fourth-order valence-electron chi connectivity index (χ4n) is 1.85. The Balaban J connectivity index is 2.68. The first-order valence-electron chi connectivity index (χ1n) is 6.71. The molecule has 19 heavy (non-hydrogen) atoms. The number of nitrogens with one attached hydrogen (secondary N) is 1. The van der Waals surface area contributed by atoms with E-state index >= 15 is 0 Å². The van der Waals surface area contributed by atoms with Gasteiger partial charge in [0.25, 0.3) is 6.43 Å². The van der Waals surface area contributed by atoms with Crippen molar-refractivity contribution in [3.8, 4) is 0 Å². The first-order chi connectivity index (χ1) is 9.04. The zero-order chi connectivity index (χ0) is 14.3. The summed E-state index contributed by atoms with van der Waals surface area (Å²) in [6, 6.07) is 6.15. The number of rotatable bonds is 8. The molecular formula is C15H23F2NO. The number of aryl methyl sites for hydroxylation is 2. The minimum Gasteiger partial charge on any atom is -0.374 e. The van der Waals surface area contributed by atoms with E-state index in [1.165, 1.54) is 11.1 Å². The summed E-state index contributed by atoms with van der Waals surface area (Å²) >= 11 is 0. The Bertz CT molecular complexity index is 382. The van der Waals surface area contributed by atoms with Gasteiger partial charge in [-0.2, -0.15) is 0 Å². The summed E-state index contributed by atoms with van der Waals surface area (Å²) in [6.07, 6.45) is -1.41. The predicted octanol–water partition coefficient (Wildman–Crippen LogP) is 3.63. The van der Waals surface area contributed by atoms with Crippen molar-refractivity contribution in [1.29, 1.82) is 0 Å². The highest BCUT2D eigenvalue weighted by molar-refractivity contribution is 5.31. The Morgan fingerprint density at radius 3 is 2.47 bits per heavy atom. The number of benzene rings is 1. The van der Waals surface area contributed by atoms with Crippen LogP contribution in [0, 0.1) is 13.8 Å². The fraction of sp³-hybridized carbons (Fsp3) is 0.600. The van der Waals surface area contributed by atoms with Gasteiger partial charge in [-0.15, -0.1) is 0 Å². The minimum absolute atomic E-state index is 0.0296. The second-order valence-corrected chi connectivity index (χ2v) is 4.78. The quantitative estimate of drug-likeness (QED) is 0.779. The Labute approximate surface area is 114 Å². The topological polar surface area (TPSA) is 21.3 Å². The van der Waals surface area contributed by atoms with Crippen molar-refractivity contribution in [3.63, 3.8) is 0 Å². The van der Waals surface area contributed by atoms with Crippen LogP contribution in [0.2, 0.25) is 0 Å². The molecule has 0 radical (unpaired) electrons. The van der Waals surface area contributed by atoms with Crippen molar-refractivity contribution in [1.82, 2.24) is 5.32 Å². The molecule has 2 nitrogen and oxygen atoms in total. The van der Waals surface area contributed by atoms with Crippen molar-refractivity contribution in [2.45, 2.75) is 39.7 Å². The molecule has 0 aromatic heterocycles. The smallest absolute Gasteiger partial charge is 0.261 e. The van der Waals surface area contributed by atoms with E-state index in [4.69, 9.17) is 4.74 Å². The van der Waals surface area contributed by atoms with Crippen LogP contribution in [0.1, 0.15) is 36.1 Å². The largest absolute Gasteiger partial charge is 0.374 e. The Morgan fingerprint density at radius 2 is 1.89 bits per heavy atom. The number of hydrogen-bond acceptors (Lipinski definition) is 2. The highest BCUT2D eigenvalue weighted by Gasteiger charge is 2.13. The third kappa shape index (κ3) is 5.66. The van der Waals surface area contributed by atoms with Gasteiger partial charge in [0.15, 0.2) is 0 Å². The molecule has 1 aromatic rings. The van der Waals surface area contributed by atoms with Crippen molar-refractivity contribution in [2.24, 2.45) is 0 Å². The zero-order valence-corrected chi connectivity index (χ0v) is 11.9. The SMILES string of the molecule is CCCNC(COCC(F)F)c1ccc(C)c(C)c1. The maximum Gasteiger partial charge on any atom is 0.261 e. The van der Waals surface area contributed by atoms with E-state index in [1.54, 1.807) is 0 Å². The van der Waals surface area contributed by atoms with E-state index < -0.39 is 13.0 Å². The molecule has 0 amide bonds. The van der Waals surface area contributed by atoms with Crippen LogP contribution in [-0.2, 0) is 4.74 Å². The molecule has 0 aliphatic carbocycles. The van der Waals surface area contributed by atoms with Crippen LogP contribution in [-0.4, -0.2) is 26.2 Å². The number of hydrogen-bond donors (Lipinski definition) is 1. The molecule has 0 aliphatic rings. The molecular weight excluding hydrogens is 248 g/mol. The number of halogens is 2. The summed E-state index contributed by atoms with van der Waals surface area (Å²) in [5.41, 5.74) is 3.52. The number of ether oxygens (including phenoxy) is 1. The molecule has 0 spiro atoms. The second kappa shape index (κ2) is 8.23. The Kier molecular flexibility index (Phi) is 6.95. The first-order valence-corrected chi connectivity index (χ1v) is 6.71. The fourth-order valence-corrected chi connectivity index (χ4v) is 1.85. The maximum absolute atomic E-state index is 12.1. The predicted molar refractivity (Wildman–Crippen MR) is 73.8 cm³/mol. The molecule has 0 fully saturated rings. The van der Waals surface area contributed by atoms with Gasteiger partial charge in [0.2, 0.25) is 0 Å². The molecule has 1 aromatic carbocycles. The van der Waals surface area contributed by atoms with Crippen LogP contribution in [0.25, 0.3) is 0 Å². The molecule has 1 unspecified atom stereocenters. The minimum atomic E-state index is -2.41. The van der Waals surface area contributed by atoms with Crippen LogP contribution in [0.3, 0.4) is 0 Å². The van der Waals surface area contributed by atoms with E-state index in [-0.39, 0.29) is 12.6 Å². The van der Waals surface area contributed by atoms with Gasteiger partial charge in [-0.25, -0.2) is 8.78 Å². The molecule has 0 bridgehead atoms. The Hall–Kier alpha value is -1.00. The van der Waals surface area contributed by atoms with Gasteiger partial charge in [-0.1, -0.05) is 25.1 Å². The first kappa shape index (κ1) is 16.1. The standard InChI is InChI=1S/C15H23F2NO/c1-4-7-18-14(9-19-10-15(16)17)13-6-5-11(2)12(3)8-13/h5-6,8,14-15,18H,4,7,9-10H2,1-3H3. The van der Waals surface area contributed by atoms with Gasteiger partial charge >= 0.3 is 0 Å². The molecule has 0 saturated carbocycles. The van der Waals surface area contributed by atoms with E-state index in [2.05, 4.69) is 38.2 Å². The second-order valence-electron chi connectivity index (χ2n) is 4.78. The van der Waals surface area contributed by atoms with Gasteiger partial charge < -0.3 is 10.1 Å². The van der Waals surface area contributed by atoms with E-state index in [9.17, 15) is 8.78 Å². The maximum atomic E-state index is 12.1. The summed E-state index contributed by atoms with van der Waals surface area (Å²) in [5.74, 6) is 0.